The first-order valence-electron chi connectivity index (χ1n) is 13.5. The van der Waals surface area contributed by atoms with Gasteiger partial charge in [-0.3, -0.25) is 9.59 Å². The number of hydrogen-bond acceptors (Lipinski definition) is 4. The lowest BCUT2D eigenvalue weighted by Gasteiger charge is -2.38. The first kappa shape index (κ1) is 25.3. The minimum absolute atomic E-state index is 0.0286. The topological polar surface area (TPSA) is 90.4 Å². The van der Waals surface area contributed by atoms with Crippen LogP contribution in [0.2, 0.25) is 0 Å². The van der Waals surface area contributed by atoms with Gasteiger partial charge in [-0.2, -0.15) is 5.26 Å². The van der Waals surface area contributed by atoms with Crippen LogP contribution in [0.3, 0.4) is 0 Å². The SMILES string of the molecule is CN1C(=O)C(C)(C)c2cc(-c3ccc(C(=O)N4[C@@H]5CC[C@H]4C[C@@H](N)C5)cc3-c3ccc(C#N)c(F)c3)ccc21. The summed E-state index contributed by atoms with van der Waals surface area (Å²) in [5, 5.41) is 9.25. The summed E-state index contributed by atoms with van der Waals surface area (Å²) in [7, 11) is 1.78. The lowest BCUT2D eigenvalue weighted by Crippen LogP contribution is -2.50. The van der Waals surface area contributed by atoms with Gasteiger partial charge < -0.3 is 15.5 Å². The molecule has 3 aromatic carbocycles. The molecule has 198 valence electrons. The Balaban J connectivity index is 1.48. The molecule has 2 fully saturated rings. The van der Waals surface area contributed by atoms with Crippen molar-refractivity contribution in [2.75, 3.05) is 11.9 Å². The third-order valence-corrected chi connectivity index (χ3v) is 8.85. The number of likely N-dealkylation sites (N-methyl/N-ethyl adjacent to an activating group) is 1. The van der Waals surface area contributed by atoms with Crippen molar-refractivity contribution in [3.05, 3.63) is 77.1 Å². The van der Waals surface area contributed by atoms with Crippen molar-refractivity contribution >= 4 is 17.5 Å². The van der Waals surface area contributed by atoms with E-state index in [1.807, 2.05) is 61.2 Å². The van der Waals surface area contributed by atoms with E-state index in [9.17, 15) is 19.2 Å². The average Bonchev–Trinajstić information content (AvgIpc) is 3.29. The van der Waals surface area contributed by atoms with Gasteiger partial charge in [-0.05, 0) is 104 Å². The summed E-state index contributed by atoms with van der Waals surface area (Å²) in [6.07, 6.45) is 3.56. The number of rotatable bonds is 3. The van der Waals surface area contributed by atoms with Gasteiger partial charge in [0.15, 0.2) is 0 Å². The third kappa shape index (κ3) is 3.93. The highest BCUT2D eigenvalue weighted by molar-refractivity contribution is 6.08. The van der Waals surface area contributed by atoms with E-state index in [1.165, 1.54) is 12.1 Å². The highest BCUT2D eigenvalue weighted by atomic mass is 19.1. The van der Waals surface area contributed by atoms with Crippen LogP contribution in [0.1, 0.15) is 61.0 Å². The Morgan fingerprint density at radius 3 is 2.33 bits per heavy atom. The number of piperidine rings is 1. The standard InChI is InChI=1S/C32H31FN4O2/c1-32(2)27-13-18(7-11-29(27)36(3)31(32)39)25-10-6-20(12-26(25)19-4-5-21(17-34)28(33)14-19)30(38)37-23-8-9-24(37)16-22(35)15-23/h4-7,10-14,22-24H,8-9,15-16,35H2,1-3H3/t22-,23+,24-. The minimum Gasteiger partial charge on any atom is -0.333 e. The van der Waals surface area contributed by atoms with Crippen molar-refractivity contribution in [2.24, 2.45) is 5.73 Å². The van der Waals surface area contributed by atoms with Gasteiger partial charge in [0, 0.05) is 36.4 Å². The molecule has 3 aliphatic rings. The normalized spacial score (nSPS) is 23.1. The minimum atomic E-state index is -0.675. The number of amides is 2. The highest BCUT2D eigenvalue weighted by Gasteiger charge is 2.43. The maximum absolute atomic E-state index is 14.8. The van der Waals surface area contributed by atoms with E-state index in [4.69, 9.17) is 5.73 Å². The van der Waals surface area contributed by atoms with Gasteiger partial charge in [-0.15, -0.1) is 0 Å². The largest absolute Gasteiger partial charge is 0.333 e. The number of halogens is 1. The van der Waals surface area contributed by atoms with Crippen molar-refractivity contribution in [1.29, 1.82) is 5.26 Å². The predicted molar refractivity (Wildman–Crippen MR) is 149 cm³/mol. The zero-order chi connectivity index (χ0) is 27.6. The van der Waals surface area contributed by atoms with Gasteiger partial charge in [0.1, 0.15) is 11.9 Å². The van der Waals surface area contributed by atoms with Crippen molar-refractivity contribution in [3.8, 4) is 28.3 Å². The first-order valence-corrected chi connectivity index (χ1v) is 13.5. The van der Waals surface area contributed by atoms with E-state index in [-0.39, 0.29) is 35.5 Å². The third-order valence-electron chi connectivity index (χ3n) is 8.85. The van der Waals surface area contributed by atoms with E-state index in [1.54, 1.807) is 18.0 Å². The van der Waals surface area contributed by atoms with Crippen molar-refractivity contribution in [1.82, 2.24) is 4.90 Å². The second kappa shape index (κ2) is 9.03. The molecule has 2 bridgehead atoms. The van der Waals surface area contributed by atoms with Crippen LogP contribution in [-0.4, -0.2) is 41.9 Å². The zero-order valence-electron chi connectivity index (χ0n) is 22.4. The number of carbonyl (C=O) groups is 2. The molecule has 0 unspecified atom stereocenters. The number of fused-ring (bicyclic) bond motifs is 3. The van der Waals surface area contributed by atoms with E-state index in [0.717, 1.165) is 48.1 Å². The van der Waals surface area contributed by atoms with Gasteiger partial charge in [0.2, 0.25) is 5.91 Å². The second-order valence-corrected chi connectivity index (χ2v) is 11.6. The Labute approximate surface area is 227 Å². The Kier molecular flexibility index (Phi) is 5.85. The predicted octanol–water partition coefficient (Wildman–Crippen LogP) is 5.38. The molecule has 0 saturated carbocycles. The monoisotopic (exact) mass is 522 g/mol. The summed E-state index contributed by atoms with van der Waals surface area (Å²) in [5.41, 5.74) is 10.8. The molecule has 0 radical (unpaired) electrons. The van der Waals surface area contributed by atoms with E-state index in [2.05, 4.69) is 0 Å². The molecule has 0 spiro atoms. The fourth-order valence-electron chi connectivity index (χ4n) is 6.78. The van der Waals surface area contributed by atoms with E-state index in [0.29, 0.717) is 16.7 Å². The van der Waals surface area contributed by atoms with Crippen LogP contribution in [0.15, 0.2) is 54.6 Å². The first-order chi connectivity index (χ1) is 18.6. The molecule has 39 heavy (non-hydrogen) atoms. The van der Waals surface area contributed by atoms with Crippen LogP contribution in [0.5, 0.6) is 0 Å². The summed E-state index contributed by atoms with van der Waals surface area (Å²) in [4.78, 5) is 30.4. The van der Waals surface area contributed by atoms with Crippen molar-refractivity contribution in [3.63, 3.8) is 0 Å². The van der Waals surface area contributed by atoms with Crippen LogP contribution in [0.4, 0.5) is 10.1 Å². The number of benzene rings is 3. The summed E-state index contributed by atoms with van der Waals surface area (Å²) in [5.74, 6) is -0.609. The van der Waals surface area contributed by atoms with Crippen LogP contribution in [-0.2, 0) is 10.2 Å². The molecule has 2 amide bonds. The lowest BCUT2D eigenvalue weighted by atomic mass is 9.83. The smallest absolute Gasteiger partial charge is 0.254 e. The Hall–Kier alpha value is -4.02. The molecule has 3 aliphatic heterocycles. The second-order valence-electron chi connectivity index (χ2n) is 11.6. The Morgan fingerprint density at radius 2 is 1.67 bits per heavy atom. The fraction of sp³-hybridized carbons (Fsp3) is 0.344. The van der Waals surface area contributed by atoms with Crippen LogP contribution in [0, 0.1) is 17.1 Å². The molecular weight excluding hydrogens is 491 g/mol. The van der Waals surface area contributed by atoms with Gasteiger partial charge in [-0.25, -0.2) is 4.39 Å². The van der Waals surface area contributed by atoms with Crippen molar-refractivity contribution in [2.45, 2.75) is 63.1 Å². The number of anilines is 1. The summed E-state index contributed by atoms with van der Waals surface area (Å²) in [6, 6.07) is 18.3. The molecular formula is C32H31FN4O2. The molecule has 6 nitrogen and oxygen atoms in total. The molecule has 3 heterocycles. The quantitative estimate of drug-likeness (QED) is 0.500. The number of nitrogens with zero attached hydrogens (tertiary/aromatic N) is 3. The highest BCUT2D eigenvalue weighted by Crippen LogP contribution is 2.44. The number of nitrogens with two attached hydrogens (primary N) is 1. The van der Waals surface area contributed by atoms with Crippen molar-refractivity contribution < 1.29 is 14.0 Å². The number of carbonyl (C=O) groups excluding carboxylic acids is 2. The summed E-state index contributed by atoms with van der Waals surface area (Å²) >= 11 is 0. The fourth-order valence-corrected chi connectivity index (χ4v) is 6.78. The van der Waals surface area contributed by atoms with Gasteiger partial charge in [-0.1, -0.05) is 18.2 Å². The molecule has 7 heteroatoms. The van der Waals surface area contributed by atoms with Gasteiger partial charge >= 0.3 is 0 Å². The molecule has 0 aromatic heterocycles. The maximum Gasteiger partial charge on any atom is 0.254 e. The zero-order valence-corrected chi connectivity index (χ0v) is 22.4. The van der Waals surface area contributed by atoms with E-state index < -0.39 is 11.2 Å². The summed E-state index contributed by atoms with van der Waals surface area (Å²) < 4.78 is 14.8. The molecule has 6 rings (SSSR count). The number of hydrogen-bond donors (Lipinski definition) is 1. The molecule has 0 aliphatic carbocycles. The Morgan fingerprint density at radius 1 is 1.00 bits per heavy atom. The summed E-state index contributed by atoms with van der Waals surface area (Å²) in [6.45, 7) is 3.83. The molecule has 3 aromatic rings. The molecule has 2 N–H and O–H groups in total. The van der Waals surface area contributed by atoms with Crippen LogP contribution in [0.25, 0.3) is 22.3 Å². The van der Waals surface area contributed by atoms with Crippen LogP contribution >= 0.6 is 0 Å². The van der Waals surface area contributed by atoms with Crippen LogP contribution < -0.4 is 10.6 Å². The Bertz CT molecular complexity index is 1560. The maximum atomic E-state index is 14.8. The molecule has 3 atom stereocenters. The average molecular weight is 523 g/mol. The number of nitriles is 1. The molecule has 2 saturated heterocycles. The van der Waals surface area contributed by atoms with Gasteiger partial charge in [0.25, 0.3) is 5.91 Å². The van der Waals surface area contributed by atoms with E-state index >= 15 is 0 Å². The lowest BCUT2D eigenvalue weighted by molar-refractivity contribution is -0.121. The van der Waals surface area contributed by atoms with Gasteiger partial charge in [0.05, 0.1) is 11.0 Å².